The lowest BCUT2D eigenvalue weighted by Gasteiger charge is -2.39. The number of hydrogen-bond donors (Lipinski definition) is 0. The van der Waals surface area contributed by atoms with Crippen molar-refractivity contribution in [2.75, 3.05) is 31.6 Å². The Bertz CT molecular complexity index is 1810. The molecule has 5 rings (SSSR count). The minimum atomic E-state index is -2.06. The molecular formula is C43H72FN5O5Si3. The lowest BCUT2D eigenvalue weighted by molar-refractivity contribution is 0.00568. The molecular weight excluding hydrogens is 770 g/mol. The Balaban J connectivity index is 1.53. The van der Waals surface area contributed by atoms with Crippen LogP contribution in [0.1, 0.15) is 84.4 Å². The highest BCUT2D eigenvalue weighted by Crippen LogP contribution is 2.44. The molecule has 0 unspecified atom stereocenters. The van der Waals surface area contributed by atoms with E-state index in [4.69, 9.17) is 28.7 Å². The number of carbonyl (C=O) groups excluding carboxylic acids is 1. The summed E-state index contributed by atoms with van der Waals surface area (Å²) in [5.74, 6) is 0.632. The normalized spacial score (nSPS) is 19.4. The molecule has 0 saturated carbocycles. The summed E-state index contributed by atoms with van der Waals surface area (Å²) in [6.45, 7) is 33.1. The topological polar surface area (TPSA) is 90.7 Å². The van der Waals surface area contributed by atoms with Crippen LogP contribution < -0.4 is 4.90 Å². The number of carbonyl (C=O) groups is 1. The van der Waals surface area contributed by atoms with Crippen LogP contribution in [-0.4, -0.2) is 94.4 Å². The van der Waals surface area contributed by atoms with E-state index in [1.807, 2.05) is 42.3 Å². The van der Waals surface area contributed by atoms with Crippen LogP contribution in [0.4, 0.5) is 15.0 Å². The number of ether oxygens (including phenoxy) is 3. The Morgan fingerprint density at radius 3 is 1.96 bits per heavy atom. The van der Waals surface area contributed by atoms with Crippen molar-refractivity contribution in [3.63, 3.8) is 0 Å². The SMILES string of the molecule is CC(C)(C)OC(=O)N1[C@@H]2CC[C@H]1C[C@@H](c1cc(N(COCC[Si](C)(C)C)COCC[Si](C)(C)C)n3ncc(-c4ccc(CO[Si](C)(C)C(C)(C)C)c(F)c4)c3n1)C2. The van der Waals surface area contributed by atoms with Crippen molar-refractivity contribution in [1.29, 1.82) is 0 Å². The molecule has 0 spiro atoms. The zero-order chi connectivity index (χ0) is 42.1. The maximum Gasteiger partial charge on any atom is 0.410 e. The van der Waals surface area contributed by atoms with E-state index in [2.05, 4.69) is 84.1 Å². The van der Waals surface area contributed by atoms with Crippen molar-refractivity contribution in [2.45, 2.75) is 167 Å². The second kappa shape index (κ2) is 17.5. The number of nitrogens with zero attached hydrogens (tertiary/aromatic N) is 5. The number of aromatic nitrogens is 3. The van der Waals surface area contributed by atoms with Crippen molar-refractivity contribution in [3.8, 4) is 11.1 Å². The van der Waals surface area contributed by atoms with E-state index < -0.39 is 30.1 Å². The average molecular weight is 842 g/mol. The van der Waals surface area contributed by atoms with Gasteiger partial charge in [-0.2, -0.15) is 9.61 Å². The van der Waals surface area contributed by atoms with Gasteiger partial charge < -0.3 is 28.4 Å². The first-order valence-corrected chi connectivity index (χ1v) is 31.4. The second-order valence-corrected chi connectivity index (χ2v) is 37.4. The highest BCUT2D eigenvalue weighted by atomic mass is 28.4. The van der Waals surface area contributed by atoms with Crippen molar-refractivity contribution in [2.24, 2.45) is 0 Å². The van der Waals surface area contributed by atoms with Gasteiger partial charge in [0, 0.05) is 70.3 Å². The monoisotopic (exact) mass is 841 g/mol. The third kappa shape index (κ3) is 12.0. The molecule has 2 fully saturated rings. The van der Waals surface area contributed by atoms with Crippen LogP contribution in [0.25, 0.3) is 16.8 Å². The lowest BCUT2D eigenvalue weighted by Crippen LogP contribution is -2.48. The third-order valence-electron chi connectivity index (χ3n) is 11.8. The van der Waals surface area contributed by atoms with Crippen molar-refractivity contribution < 1.29 is 27.8 Å². The summed E-state index contributed by atoms with van der Waals surface area (Å²) >= 11 is 0. The zero-order valence-electron chi connectivity index (χ0n) is 37.6. The van der Waals surface area contributed by atoms with Gasteiger partial charge in [0.1, 0.15) is 30.7 Å². The quantitative estimate of drug-likeness (QED) is 0.0800. The molecule has 2 bridgehead atoms. The second-order valence-electron chi connectivity index (χ2n) is 21.4. The van der Waals surface area contributed by atoms with E-state index in [9.17, 15) is 4.79 Å². The van der Waals surface area contributed by atoms with Gasteiger partial charge in [-0.1, -0.05) is 72.2 Å². The van der Waals surface area contributed by atoms with Gasteiger partial charge in [0.25, 0.3) is 0 Å². The summed E-state index contributed by atoms with van der Waals surface area (Å²) < 4.78 is 42.8. The molecule has 3 atom stereocenters. The fraction of sp³-hybridized carbons (Fsp3) is 0.698. The summed E-state index contributed by atoms with van der Waals surface area (Å²) in [6.07, 6.45) is 5.03. The number of hydrogen-bond acceptors (Lipinski definition) is 8. The van der Waals surface area contributed by atoms with Crippen molar-refractivity contribution >= 4 is 42.0 Å². The predicted molar refractivity (Wildman–Crippen MR) is 238 cm³/mol. The van der Waals surface area contributed by atoms with Crippen LogP contribution in [0.3, 0.4) is 0 Å². The molecule has 4 heterocycles. The van der Waals surface area contributed by atoms with E-state index in [1.165, 1.54) is 0 Å². The van der Waals surface area contributed by atoms with Gasteiger partial charge in [-0.25, -0.2) is 14.2 Å². The first kappa shape index (κ1) is 45.5. The Hall–Kier alpha value is -2.63. The molecule has 1 amide bonds. The molecule has 318 valence electrons. The first-order chi connectivity index (χ1) is 26.3. The Morgan fingerprint density at radius 1 is 0.877 bits per heavy atom. The highest BCUT2D eigenvalue weighted by molar-refractivity contribution is 6.76. The summed E-state index contributed by atoms with van der Waals surface area (Å²) in [6, 6.07) is 9.79. The van der Waals surface area contributed by atoms with Gasteiger partial charge in [-0.3, -0.25) is 0 Å². The van der Waals surface area contributed by atoms with Crippen LogP contribution in [0, 0.1) is 5.82 Å². The molecule has 0 aliphatic carbocycles. The Morgan fingerprint density at radius 2 is 1.46 bits per heavy atom. The number of rotatable bonds is 16. The Kier molecular flexibility index (Phi) is 14.0. The van der Waals surface area contributed by atoms with Gasteiger partial charge in [-0.15, -0.1) is 0 Å². The van der Waals surface area contributed by atoms with Crippen molar-refractivity contribution in [3.05, 3.63) is 47.5 Å². The molecule has 1 aromatic carbocycles. The molecule has 2 saturated heterocycles. The minimum Gasteiger partial charge on any atom is -0.444 e. The van der Waals surface area contributed by atoms with E-state index >= 15 is 4.39 Å². The van der Waals surface area contributed by atoms with Crippen molar-refractivity contribution in [1.82, 2.24) is 19.5 Å². The van der Waals surface area contributed by atoms with Crippen LogP contribution >= 0.6 is 0 Å². The molecule has 57 heavy (non-hydrogen) atoms. The van der Waals surface area contributed by atoms with Crippen LogP contribution in [-0.2, 0) is 25.2 Å². The zero-order valence-corrected chi connectivity index (χ0v) is 40.6. The molecule has 2 aliphatic rings. The maximum atomic E-state index is 15.9. The summed E-state index contributed by atoms with van der Waals surface area (Å²) in [7, 11) is -4.68. The number of benzene rings is 1. The highest BCUT2D eigenvalue weighted by Gasteiger charge is 2.46. The van der Waals surface area contributed by atoms with Crippen LogP contribution in [0.2, 0.25) is 69.5 Å². The first-order valence-electron chi connectivity index (χ1n) is 21.1. The predicted octanol–water partition coefficient (Wildman–Crippen LogP) is 11.1. The van der Waals surface area contributed by atoms with Gasteiger partial charge in [-0.05, 0) is 88.3 Å². The van der Waals surface area contributed by atoms with E-state index in [-0.39, 0.29) is 41.6 Å². The molecule has 3 aromatic rings. The number of piperidine rings is 1. The van der Waals surface area contributed by atoms with E-state index in [1.54, 1.807) is 12.3 Å². The maximum absolute atomic E-state index is 15.9. The average Bonchev–Trinajstić information content (AvgIpc) is 3.62. The van der Waals surface area contributed by atoms with Gasteiger partial charge >= 0.3 is 6.09 Å². The smallest absolute Gasteiger partial charge is 0.410 e. The summed E-state index contributed by atoms with van der Waals surface area (Å²) in [4.78, 5) is 22.8. The molecule has 0 N–H and O–H groups in total. The van der Waals surface area contributed by atoms with Gasteiger partial charge in [0.05, 0.1) is 12.8 Å². The molecule has 2 aromatic heterocycles. The summed E-state index contributed by atoms with van der Waals surface area (Å²) in [5, 5.41) is 4.93. The third-order valence-corrected chi connectivity index (χ3v) is 19.7. The Labute approximate surface area is 345 Å². The molecule has 2 aliphatic heterocycles. The molecule has 14 heteroatoms. The van der Waals surface area contributed by atoms with E-state index in [0.717, 1.165) is 54.8 Å². The summed E-state index contributed by atoms with van der Waals surface area (Å²) in [5.41, 5.74) is 3.04. The number of fused-ring (bicyclic) bond motifs is 3. The number of anilines is 1. The molecule has 10 nitrogen and oxygen atoms in total. The van der Waals surface area contributed by atoms with Crippen LogP contribution in [0.5, 0.6) is 0 Å². The van der Waals surface area contributed by atoms with Gasteiger partial charge in [0.15, 0.2) is 14.0 Å². The number of amides is 1. The van der Waals surface area contributed by atoms with Crippen LogP contribution in [0.15, 0.2) is 30.5 Å². The van der Waals surface area contributed by atoms with E-state index in [0.29, 0.717) is 43.4 Å². The lowest BCUT2D eigenvalue weighted by atomic mass is 9.88. The number of halogens is 1. The largest absolute Gasteiger partial charge is 0.444 e. The minimum absolute atomic E-state index is 0.0279. The van der Waals surface area contributed by atoms with Gasteiger partial charge in [0.2, 0.25) is 0 Å². The fourth-order valence-electron chi connectivity index (χ4n) is 7.22. The fourth-order valence-corrected chi connectivity index (χ4v) is 9.68. The standard InChI is InChI=1S/C43H72FN5O5Si3/c1-42(2,3)54-41(50)48-34-17-18-35(48)24-33(23-34)38-26-39(47(29-51-19-21-55(7,8)9)30-52-20-22-56(10,11)12)49-40(46-38)36(27-45-49)31-15-16-32(37(44)25-31)28-53-57(13,14)43(4,5)6/h15-16,25-27,33-35H,17-24,28-30H2,1-14H3/t33-,34+,35-. The molecule has 0 radical (unpaired) electrons.